The van der Waals surface area contributed by atoms with Gasteiger partial charge in [0.25, 0.3) is 11.8 Å². The van der Waals surface area contributed by atoms with E-state index in [1.54, 1.807) is 41.0 Å². The summed E-state index contributed by atoms with van der Waals surface area (Å²) in [6, 6.07) is 6.30. The molecule has 0 radical (unpaired) electrons. The Morgan fingerprint density at radius 3 is 2.28 bits per heavy atom. The van der Waals surface area contributed by atoms with Gasteiger partial charge in [-0.15, -0.1) is 0 Å². The third-order valence-electron chi connectivity index (χ3n) is 4.42. The maximum atomic E-state index is 12.8. The lowest BCUT2D eigenvalue weighted by atomic mass is 10.2. The largest absolute Gasteiger partial charge is 0.513 e. The molecular formula is C20H22N4O5. The first-order valence-corrected chi connectivity index (χ1v) is 9.37. The van der Waals surface area contributed by atoms with Gasteiger partial charge in [-0.25, -0.2) is 9.78 Å². The lowest BCUT2D eigenvalue weighted by Crippen LogP contribution is -2.37. The molecule has 1 saturated heterocycles. The Bertz CT molecular complexity index is 857. The molecule has 0 aliphatic carbocycles. The number of hydrogen-bond acceptors (Lipinski definition) is 7. The third kappa shape index (κ3) is 5.28. The number of rotatable bonds is 4. The Morgan fingerprint density at radius 2 is 1.66 bits per heavy atom. The molecule has 0 spiro atoms. The topological polar surface area (TPSA) is 102 Å². The summed E-state index contributed by atoms with van der Waals surface area (Å²) in [5.41, 5.74) is 0.777. The van der Waals surface area contributed by atoms with Crippen molar-refractivity contribution in [3.8, 4) is 5.75 Å². The Balaban J connectivity index is 1.59. The van der Waals surface area contributed by atoms with Crippen LogP contribution in [0, 0.1) is 0 Å². The molecular weight excluding hydrogens is 376 g/mol. The van der Waals surface area contributed by atoms with Crippen molar-refractivity contribution < 1.29 is 23.9 Å². The molecule has 1 aliphatic heterocycles. The van der Waals surface area contributed by atoms with Crippen molar-refractivity contribution in [2.24, 2.45) is 0 Å². The molecule has 0 N–H and O–H groups in total. The van der Waals surface area contributed by atoms with Crippen molar-refractivity contribution in [1.82, 2.24) is 19.8 Å². The van der Waals surface area contributed by atoms with Gasteiger partial charge in [0, 0.05) is 44.1 Å². The van der Waals surface area contributed by atoms with E-state index in [1.165, 1.54) is 18.6 Å². The maximum absolute atomic E-state index is 12.8. The zero-order chi connectivity index (χ0) is 20.6. The highest BCUT2D eigenvalue weighted by molar-refractivity contribution is 5.95. The zero-order valence-electron chi connectivity index (χ0n) is 16.1. The van der Waals surface area contributed by atoms with Gasteiger partial charge in [0.15, 0.2) is 0 Å². The average molecular weight is 398 g/mol. The predicted octanol–water partition coefficient (Wildman–Crippen LogP) is 2.00. The van der Waals surface area contributed by atoms with Gasteiger partial charge in [-0.3, -0.25) is 14.6 Å². The van der Waals surface area contributed by atoms with Gasteiger partial charge in [-0.2, -0.15) is 0 Å². The van der Waals surface area contributed by atoms with Crippen molar-refractivity contribution in [3.63, 3.8) is 0 Å². The van der Waals surface area contributed by atoms with E-state index >= 15 is 0 Å². The van der Waals surface area contributed by atoms with Gasteiger partial charge in [-0.1, -0.05) is 0 Å². The quantitative estimate of drug-likeness (QED) is 0.573. The second-order valence-corrected chi connectivity index (χ2v) is 6.34. The normalized spacial score (nSPS) is 14.1. The maximum Gasteiger partial charge on any atom is 0.513 e. The lowest BCUT2D eigenvalue weighted by molar-refractivity contribution is 0.0715. The molecule has 29 heavy (non-hydrogen) atoms. The van der Waals surface area contributed by atoms with Crippen LogP contribution in [0.3, 0.4) is 0 Å². The van der Waals surface area contributed by atoms with Crippen LogP contribution < -0.4 is 4.74 Å². The zero-order valence-corrected chi connectivity index (χ0v) is 16.1. The molecule has 1 aromatic heterocycles. The summed E-state index contributed by atoms with van der Waals surface area (Å²) < 4.78 is 9.71. The van der Waals surface area contributed by atoms with Crippen molar-refractivity contribution >= 4 is 18.0 Å². The van der Waals surface area contributed by atoms with Gasteiger partial charge < -0.3 is 19.3 Å². The summed E-state index contributed by atoms with van der Waals surface area (Å²) in [5, 5.41) is 0. The summed E-state index contributed by atoms with van der Waals surface area (Å²) >= 11 is 0. The van der Waals surface area contributed by atoms with Crippen molar-refractivity contribution in [2.75, 3.05) is 32.8 Å². The van der Waals surface area contributed by atoms with Gasteiger partial charge in [0.05, 0.1) is 12.8 Å². The van der Waals surface area contributed by atoms with Crippen LogP contribution in [0.25, 0.3) is 0 Å². The molecule has 3 rings (SSSR count). The SMILES string of the molecule is CCOC(=O)Oc1ccc(C(=O)N2CCCN(C(=O)c3cnccn3)CC2)cc1. The molecule has 2 amide bonds. The number of nitrogens with zero attached hydrogens (tertiary/aromatic N) is 4. The van der Waals surface area contributed by atoms with Crippen molar-refractivity contribution in [3.05, 3.63) is 54.1 Å². The first-order valence-electron chi connectivity index (χ1n) is 9.37. The molecule has 1 aromatic carbocycles. The molecule has 2 heterocycles. The minimum atomic E-state index is -0.785. The van der Waals surface area contributed by atoms with E-state index in [0.717, 1.165) is 0 Å². The first-order chi connectivity index (χ1) is 14.1. The van der Waals surface area contributed by atoms with Crippen molar-refractivity contribution in [2.45, 2.75) is 13.3 Å². The van der Waals surface area contributed by atoms with Crippen LogP contribution in [0.1, 0.15) is 34.2 Å². The Kier molecular flexibility index (Phi) is 6.72. The standard InChI is InChI=1S/C20H22N4O5/c1-2-28-20(27)29-16-6-4-15(5-7-16)18(25)23-10-3-11-24(13-12-23)19(26)17-14-21-8-9-22-17/h4-9,14H,2-3,10-13H2,1H3. The fraction of sp³-hybridized carbons (Fsp3) is 0.350. The van der Waals surface area contributed by atoms with Gasteiger partial charge >= 0.3 is 6.16 Å². The second-order valence-electron chi connectivity index (χ2n) is 6.34. The van der Waals surface area contributed by atoms with Crippen molar-refractivity contribution in [1.29, 1.82) is 0 Å². The summed E-state index contributed by atoms with van der Waals surface area (Å²) in [4.78, 5) is 48.1. The van der Waals surface area contributed by atoms with Gasteiger partial charge in [-0.05, 0) is 37.6 Å². The molecule has 1 aliphatic rings. The van der Waals surface area contributed by atoms with Gasteiger partial charge in [0.1, 0.15) is 11.4 Å². The van der Waals surface area contributed by atoms with E-state index < -0.39 is 6.16 Å². The van der Waals surface area contributed by atoms with E-state index in [0.29, 0.717) is 49.6 Å². The molecule has 0 saturated carbocycles. The second kappa shape index (κ2) is 9.63. The highest BCUT2D eigenvalue weighted by atomic mass is 16.7. The number of carbonyl (C=O) groups excluding carboxylic acids is 3. The number of amides is 2. The minimum Gasteiger partial charge on any atom is -0.434 e. The third-order valence-corrected chi connectivity index (χ3v) is 4.42. The molecule has 2 aromatic rings. The highest BCUT2D eigenvalue weighted by Crippen LogP contribution is 2.16. The molecule has 0 unspecified atom stereocenters. The number of ether oxygens (including phenoxy) is 2. The van der Waals surface area contributed by atoms with Crippen LogP contribution in [0.4, 0.5) is 4.79 Å². The molecule has 1 fully saturated rings. The number of aromatic nitrogens is 2. The number of carbonyl (C=O) groups is 3. The highest BCUT2D eigenvalue weighted by Gasteiger charge is 2.24. The van der Waals surface area contributed by atoms with E-state index in [-0.39, 0.29) is 18.4 Å². The Morgan fingerprint density at radius 1 is 0.966 bits per heavy atom. The molecule has 9 nitrogen and oxygen atoms in total. The summed E-state index contributed by atoms with van der Waals surface area (Å²) in [7, 11) is 0. The van der Waals surface area contributed by atoms with E-state index in [9.17, 15) is 14.4 Å². The minimum absolute atomic E-state index is 0.138. The fourth-order valence-electron chi connectivity index (χ4n) is 2.99. The summed E-state index contributed by atoms with van der Waals surface area (Å²) in [5.74, 6) is -0.0223. The van der Waals surface area contributed by atoms with E-state index in [2.05, 4.69) is 9.97 Å². The lowest BCUT2D eigenvalue weighted by Gasteiger charge is -2.22. The summed E-state index contributed by atoms with van der Waals surface area (Å²) in [6.07, 6.45) is 4.32. The van der Waals surface area contributed by atoms with Crippen LogP contribution in [-0.4, -0.2) is 70.5 Å². The number of benzene rings is 1. The Labute approximate surface area is 168 Å². The predicted molar refractivity (Wildman–Crippen MR) is 103 cm³/mol. The van der Waals surface area contributed by atoms with E-state index in [4.69, 9.17) is 9.47 Å². The van der Waals surface area contributed by atoms with Gasteiger partial charge in [0.2, 0.25) is 0 Å². The van der Waals surface area contributed by atoms with Crippen LogP contribution in [0.2, 0.25) is 0 Å². The Hall–Kier alpha value is -3.49. The number of hydrogen-bond donors (Lipinski definition) is 0. The smallest absolute Gasteiger partial charge is 0.434 e. The molecule has 9 heteroatoms. The summed E-state index contributed by atoms with van der Waals surface area (Å²) in [6.45, 7) is 3.85. The first kappa shape index (κ1) is 20.2. The van der Waals surface area contributed by atoms with E-state index in [1.807, 2.05) is 0 Å². The van der Waals surface area contributed by atoms with Crippen LogP contribution in [0.5, 0.6) is 5.75 Å². The average Bonchev–Trinajstić information content (AvgIpc) is 3.00. The van der Waals surface area contributed by atoms with Crippen LogP contribution >= 0.6 is 0 Å². The fourth-order valence-corrected chi connectivity index (χ4v) is 2.99. The molecule has 0 atom stereocenters. The molecule has 152 valence electrons. The monoisotopic (exact) mass is 398 g/mol. The molecule has 0 bridgehead atoms. The van der Waals surface area contributed by atoms with Crippen LogP contribution in [-0.2, 0) is 4.74 Å². The van der Waals surface area contributed by atoms with Crippen LogP contribution in [0.15, 0.2) is 42.9 Å².